The van der Waals surface area contributed by atoms with Crippen LogP contribution in [-0.4, -0.2) is 24.8 Å². The van der Waals surface area contributed by atoms with Crippen LogP contribution in [0.4, 0.5) is 0 Å². The van der Waals surface area contributed by atoms with Crippen molar-refractivity contribution in [2.24, 2.45) is 0 Å². The summed E-state index contributed by atoms with van der Waals surface area (Å²) in [5.74, 6) is 0. The minimum absolute atomic E-state index is 0.149. The van der Waals surface area contributed by atoms with Gasteiger partial charge in [-0.25, -0.2) is 8.42 Å². The Kier molecular flexibility index (Phi) is 2.80. The van der Waals surface area contributed by atoms with Gasteiger partial charge in [0, 0.05) is 12.1 Å². The lowest BCUT2D eigenvalue weighted by atomic mass is 10.2. The first kappa shape index (κ1) is 11.6. The van der Waals surface area contributed by atoms with Crippen LogP contribution in [0, 0.1) is 6.92 Å². The second-order valence-electron chi connectivity index (χ2n) is 4.36. The molecule has 16 heavy (non-hydrogen) atoms. The van der Waals surface area contributed by atoms with Crippen LogP contribution in [0.25, 0.3) is 0 Å². The molecule has 0 amide bonds. The monoisotopic (exact) mass is 239 g/mol. The first-order valence-corrected chi connectivity index (χ1v) is 7.02. The number of nitrogens with zero attached hydrogens (tertiary/aromatic N) is 1. The van der Waals surface area contributed by atoms with E-state index >= 15 is 0 Å². The van der Waals surface area contributed by atoms with Crippen molar-refractivity contribution in [1.82, 2.24) is 4.31 Å². The smallest absolute Gasteiger partial charge is 0.207 e. The third kappa shape index (κ3) is 1.76. The van der Waals surface area contributed by atoms with Crippen molar-refractivity contribution in [2.45, 2.75) is 44.2 Å². The van der Waals surface area contributed by atoms with Gasteiger partial charge in [-0.1, -0.05) is 24.6 Å². The lowest BCUT2D eigenvalue weighted by Crippen LogP contribution is -2.15. The molecule has 1 aliphatic rings. The molecule has 4 heteroatoms. The van der Waals surface area contributed by atoms with Gasteiger partial charge in [-0.3, -0.25) is 0 Å². The zero-order valence-electron chi connectivity index (χ0n) is 9.84. The molecule has 1 aromatic carbocycles. The molecule has 0 aromatic heterocycles. The average molecular weight is 239 g/mol. The molecule has 0 bridgehead atoms. The number of aryl methyl sites for hydroxylation is 1. The molecule has 0 aliphatic carbocycles. The molecule has 88 valence electrons. The van der Waals surface area contributed by atoms with E-state index in [0.717, 1.165) is 12.0 Å². The van der Waals surface area contributed by atoms with Crippen LogP contribution < -0.4 is 0 Å². The molecule has 1 fully saturated rings. The third-order valence-electron chi connectivity index (χ3n) is 3.21. The summed E-state index contributed by atoms with van der Waals surface area (Å²) in [5.41, 5.74) is 1.07. The van der Waals surface area contributed by atoms with Gasteiger partial charge < -0.3 is 0 Å². The van der Waals surface area contributed by atoms with Crippen LogP contribution in [0.1, 0.15) is 25.8 Å². The number of rotatable bonds is 3. The van der Waals surface area contributed by atoms with Gasteiger partial charge in [-0.05, 0) is 32.4 Å². The Morgan fingerprint density at radius 3 is 2.25 bits per heavy atom. The molecule has 1 aromatic rings. The average Bonchev–Trinajstić information content (AvgIpc) is 2.90. The molecule has 3 unspecified atom stereocenters. The minimum atomic E-state index is -3.26. The molecule has 1 heterocycles. The van der Waals surface area contributed by atoms with Gasteiger partial charge >= 0.3 is 0 Å². The van der Waals surface area contributed by atoms with E-state index in [1.165, 1.54) is 0 Å². The molecular weight excluding hydrogens is 222 g/mol. The fraction of sp³-hybridized carbons (Fsp3) is 0.500. The van der Waals surface area contributed by atoms with Gasteiger partial charge in [0.25, 0.3) is 0 Å². The summed E-state index contributed by atoms with van der Waals surface area (Å²) < 4.78 is 26.0. The highest BCUT2D eigenvalue weighted by molar-refractivity contribution is 7.89. The minimum Gasteiger partial charge on any atom is -0.207 e. The van der Waals surface area contributed by atoms with Crippen LogP contribution in [-0.2, 0) is 10.0 Å². The Hall–Kier alpha value is -0.870. The van der Waals surface area contributed by atoms with Crippen molar-refractivity contribution < 1.29 is 8.42 Å². The van der Waals surface area contributed by atoms with Gasteiger partial charge in [0.05, 0.1) is 4.90 Å². The highest BCUT2D eigenvalue weighted by atomic mass is 32.2. The van der Waals surface area contributed by atoms with Crippen LogP contribution in [0.2, 0.25) is 0 Å². The summed E-state index contributed by atoms with van der Waals surface area (Å²) in [4.78, 5) is 0.404. The number of hydrogen-bond donors (Lipinski definition) is 0. The molecule has 0 saturated carbocycles. The quantitative estimate of drug-likeness (QED) is 0.758. The van der Waals surface area contributed by atoms with Gasteiger partial charge in [-0.15, -0.1) is 0 Å². The largest absolute Gasteiger partial charge is 0.243 e. The maximum absolute atomic E-state index is 12.2. The van der Waals surface area contributed by atoms with Crippen LogP contribution in [0.5, 0.6) is 0 Å². The number of hydrogen-bond acceptors (Lipinski definition) is 2. The van der Waals surface area contributed by atoms with Gasteiger partial charge in [0.2, 0.25) is 10.0 Å². The molecule has 2 rings (SSSR count). The summed E-state index contributed by atoms with van der Waals surface area (Å²) in [7, 11) is -3.26. The molecule has 3 nitrogen and oxygen atoms in total. The van der Waals surface area contributed by atoms with Crippen molar-refractivity contribution >= 4 is 10.0 Å². The molecular formula is C12H17NO2S. The normalized spacial score (nSPS) is 29.1. The summed E-state index contributed by atoms with van der Waals surface area (Å²) in [5, 5.41) is 0. The summed E-state index contributed by atoms with van der Waals surface area (Å²) >= 11 is 0. The van der Waals surface area contributed by atoms with E-state index < -0.39 is 10.0 Å². The summed E-state index contributed by atoms with van der Waals surface area (Å²) in [6, 6.07) is 7.37. The zero-order valence-corrected chi connectivity index (χ0v) is 10.7. The second kappa shape index (κ2) is 3.86. The van der Waals surface area contributed by atoms with Gasteiger partial charge in [-0.2, -0.15) is 4.31 Å². The Balaban J connectivity index is 2.31. The highest BCUT2D eigenvalue weighted by Gasteiger charge is 2.51. The predicted octanol–water partition coefficient (Wildman–Crippen LogP) is 2.17. The third-order valence-corrected chi connectivity index (χ3v) is 5.24. The Morgan fingerprint density at radius 2 is 1.81 bits per heavy atom. The predicted molar refractivity (Wildman–Crippen MR) is 63.7 cm³/mol. The van der Waals surface area contributed by atoms with E-state index in [1.807, 2.05) is 32.9 Å². The van der Waals surface area contributed by atoms with Crippen molar-refractivity contribution in [2.75, 3.05) is 0 Å². The molecule has 0 radical (unpaired) electrons. The fourth-order valence-electron chi connectivity index (χ4n) is 2.13. The van der Waals surface area contributed by atoms with Crippen molar-refractivity contribution in [3.8, 4) is 0 Å². The molecule has 0 N–H and O–H groups in total. The summed E-state index contributed by atoms with van der Waals surface area (Å²) in [6.07, 6.45) is 0.881. The van der Waals surface area contributed by atoms with E-state index in [1.54, 1.807) is 16.4 Å². The van der Waals surface area contributed by atoms with Crippen LogP contribution in [0.15, 0.2) is 29.2 Å². The maximum Gasteiger partial charge on any atom is 0.243 e. The fourth-order valence-corrected chi connectivity index (χ4v) is 4.06. The lowest BCUT2D eigenvalue weighted by molar-refractivity contribution is 0.545. The van der Waals surface area contributed by atoms with E-state index in [0.29, 0.717) is 4.90 Å². The SMILES string of the molecule is CCC1C(C)N1S(=O)(=O)c1ccc(C)cc1. The topological polar surface area (TPSA) is 37.1 Å². The second-order valence-corrected chi connectivity index (χ2v) is 6.21. The van der Waals surface area contributed by atoms with E-state index in [-0.39, 0.29) is 12.1 Å². The van der Waals surface area contributed by atoms with Gasteiger partial charge in [0.1, 0.15) is 0 Å². The zero-order chi connectivity index (χ0) is 11.9. The van der Waals surface area contributed by atoms with E-state index in [4.69, 9.17) is 0 Å². The summed E-state index contributed by atoms with van der Waals surface area (Å²) in [6.45, 7) is 5.93. The van der Waals surface area contributed by atoms with E-state index in [2.05, 4.69) is 0 Å². The Morgan fingerprint density at radius 1 is 1.25 bits per heavy atom. The van der Waals surface area contributed by atoms with Crippen molar-refractivity contribution in [1.29, 1.82) is 0 Å². The number of benzene rings is 1. The molecule has 1 saturated heterocycles. The lowest BCUT2D eigenvalue weighted by Gasteiger charge is -2.06. The van der Waals surface area contributed by atoms with Crippen LogP contribution in [0.3, 0.4) is 0 Å². The van der Waals surface area contributed by atoms with Crippen molar-refractivity contribution in [3.05, 3.63) is 29.8 Å². The first-order chi connectivity index (χ1) is 7.48. The molecule has 0 spiro atoms. The number of sulfonamides is 1. The standard InChI is InChI=1S/C12H17NO2S/c1-4-12-10(3)13(12)16(14,15)11-7-5-9(2)6-8-11/h5-8,10,12H,4H2,1-3H3. The van der Waals surface area contributed by atoms with Gasteiger partial charge in [0.15, 0.2) is 0 Å². The first-order valence-electron chi connectivity index (χ1n) is 5.58. The van der Waals surface area contributed by atoms with E-state index in [9.17, 15) is 8.42 Å². The highest BCUT2D eigenvalue weighted by Crippen LogP contribution is 2.37. The van der Waals surface area contributed by atoms with Crippen LogP contribution >= 0.6 is 0 Å². The molecule has 1 aliphatic heterocycles. The Bertz CT molecular complexity index is 478. The molecule has 3 atom stereocenters. The maximum atomic E-state index is 12.2. The van der Waals surface area contributed by atoms with Crippen molar-refractivity contribution in [3.63, 3.8) is 0 Å². The Labute approximate surface area is 97.1 Å².